The zero-order chi connectivity index (χ0) is 13.6. The number of nitrogens with zero attached hydrogens (tertiary/aromatic N) is 1. The first-order valence-corrected chi connectivity index (χ1v) is 7.67. The molecule has 0 aliphatic carbocycles. The van der Waals surface area contributed by atoms with Crippen LogP contribution in [-0.2, 0) is 0 Å². The molecule has 2 aliphatic rings. The first-order chi connectivity index (χ1) is 9.06. The van der Waals surface area contributed by atoms with Crippen molar-refractivity contribution < 1.29 is 4.79 Å². The van der Waals surface area contributed by atoms with Crippen LogP contribution in [0.3, 0.4) is 0 Å². The van der Waals surface area contributed by atoms with Crippen LogP contribution < -0.4 is 0 Å². The summed E-state index contributed by atoms with van der Waals surface area (Å²) in [6.45, 7) is 0. The summed E-state index contributed by atoms with van der Waals surface area (Å²) < 4.78 is 0. The summed E-state index contributed by atoms with van der Waals surface area (Å²) in [7, 11) is 0. The van der Waals surface area contributed by atoms with Crippen molar-refractivity contribution in [3.05, 3.63) is 33.8 Å². The van der Waals surface area contributed by atoms with Crippen molar-refractivity contribution >= 4 is 40.7 Å². The van der Waals surface area contributed by atoms with Crippen molar-refractivity contribution in [1.82, 2.24) is 4.90 Å². The molecule has 2 saturated heterocycles. The van der Waals surface area contributed by atoms with Gasteiger partial charge in [-0.1, -0.05) is 23.2 Å². The van der Waals surface area contributed by atoms with Crippen molar-refractivity contribution in [3.63, 3.8) is 0 Å². The summed E-state index contributed by atoms with van der Waals surface area (Å²) in [6.07, 6.45) is 3.90. The molecule has 1 amide bonds. The summed E-state index contributed by atoms with van der Waals surface area (Å²) in [6, 6.07) is 5.63. The molecule has 3 rings (SSSR count). The molecule has 2 heterocycles. The van der Waals surface area contributed by atoms with Crippen molar-refractivity contribution in [2.24, 2.45) is 0 Å². The van der Waals surface area contributed by atoms with Crippen LogP contribution in [0.2, 0.25) is 10.0 Å². The lowest BCUT2D eigenvalue weighted by Crippen LogP contribution is -2.46. The minimum Gasteiger partial charge on any atom is -0.333 e. The van der Waals surface area contributed by atoms with Gasteiger partial charge in [-0.05, 0) is 43.9 Å². The lowest BCUT2D eigenvalue weighted by molar-refractivity contribution is 0.0599. The van der Waals surface area contributed by atoms with E-state index in [1.807, 2.05) is 4.90 Å². The Kier molecular flexibility index (Phi) is 3.67. The second kappa shape index (κ2) is 5.16. The highest BCUT2D eigenvalue weighted by Gasteiger charge is 2.42. The van der Waals surface area contributed by atoms with E-state index in [1.165, 1.54) is 0 Å². The summed E-state index contributed by atoms with van der Waals surface area (Å²) >= 11 is 18.1. The Labute approximate surface area is 127 Å². The zero-order valence-corrected chi connectivity index (χ0v) is 12.5. The van der Waals surface area contributed by atoms with Crippen LogP contribution in [0.4, 0.5) is 0 Å². The average Bonchev–Trinajstić information content (AvgIpc) is 2.64. The summed E-state index contributed by atoms with van der Waals surface area (Å²) in [5, 5.41) is 1.10. The van der Waals surface area contributed by atoms with Gasteiger partial charge in [-0.25, -0.2) is 0 Å². The number of carbonyl (C=O) groups excluding carboxylic acids is 1. The van der Waals surface area contributed by atoms with Gasteiger partial charge in [-0.3, -0.25) is 4.79 Å². The van der Waals surface area contributed by atoms with E-state index < -0.39 is 0 Å². The van der Waals surface area contributed by atoms with E-state index in [0.29, 0.717) is 15.6 Å². The molecule has 2 unspecified atom stereocenters. The third kappa shape index (κ3) is 2.46. The SMILES string of the molecule is O=C(c1ccc(Cl)c(Cl)c1)N1C2CCC1CC(Cl)C2. The standard InChI is InChI=1S/C14H14Cl3NO/c15-9-6-10-2-3-11(7-9)18(10)14(19)8-1-4-12(16)13(17)5-8/h1,4-5,9-11H,2-3,6-7H2. The third-order valence-corrected chi connectivity index (χ3v) is 5.17. The Morgan fingerprint density at radius 2 is 1.74 bits per heavy atom. The summed E-state index contributed by atoms with van der Waals surface area (Å²) in [4.78, 5) is 14.6. The quantitative estimate of drug-likeness (QED) is 0.704. The van der Waals surface area contributed by atoms with E-state index in [-0.39, 0.29) is 23.4 Å². The van der Waals surface area contributed by atoms with Crippen molar-refractivity contribution in [1.29, 1.82) is 0 Å². The molecule has 0 N–H and O–H groups in total. The number of amides is 1. The molecule has 5 heteroatoms. The van der Waals surface area contributed by atoms with Crippen LogP contribution in [0.5, 0.6) is 0 Å². The fourth-order valence-electron chi connectivity index (χ4n) is 3.22. The van der Waals surface area contributed by atoms with Gasteiger partial charge in [-0.2, -0.15) is 0 Å². The van der Waals surface area contributed by atoms with E-state index in [0.717, 1.165) is 25.7 Å². The van der Waals surface area contributed by atoms with Crippen LogP contribution in [0.15, 0.2) is 18.2 Å². The van der Waals surface area contributed by atoms with E-state index in [4.69, 9.17) is 34.8 Å². The van der Waals surface area contributed by atoms with Gasteiger partial charge in [0.25, 0.3) is 5.91 Å². The maximum Gasteiger partial charge on any atom is 0.254 e. The first-order valence-electron chi connectivity index (χ1n) is 6.48. The predicted octanol–water partition coefficient (Wildman–Crippen LogP) is 4.37. The second-order valence-electron chi connectivity index (χ2n) is 5.29. The van der Waals surface area contributed by atoms with Crippen molar-refractivity contribution in [2.75, 3.05) is 0 Å². The fraction of sp³-hybridized carbons (Fsp3) is 0.500. The monoisotopic (exact) mass is 317 g/mol. The highest BCUT2D eigenvalue weighted by molar-refractivity contribution is 6.42. The molecular formula is C14H14Cl3NO. The predicted molar refractivity (Wildman–Crippen MR) is 78.3 cm³/mol. The molecule has 0 saturated carbocycles. The fourth-order valence-corrected chi connectivity index (χ4v) is 3.93. The molecule has 2 fully saturated rings. The molecule has 2 atom stereocenters. The number of rotatable bonds is 1. The van der Waals surface area contributed by atoms with Gasteiger partial charge in [0.1, 0.15) is 0 Å². The van der Waals surface area contributed by atoms with E-state index in [2.05, 4.69) is 0 Å². The maximum atomic E-state index is 12.6. The van der Waals surface area contributed by atoms with Crippen LogP contribution in [0.25, 0.3) is 0 Å². The molecule has 0 radical (unpaired) electrons. The van der Waals surface area contributed by atoms with E-state index in [1.54, 1.807) is 18.2 Å². The van der Waals surface area contributed by atoms with Gasteiger partial charge < -0.3 is 4.90 Å². The van der Waals surface area contributed by atoms with Crippen LogP contribution in [-0.4, -0.2) is 28.3 Å². The molecule has 2 nitrogen and oxygen atoms in total. The third-order valence-electron chi connectivity index (χ3n) is 4.08. The molecule has 1 aromatic carbocycles. The minimum atomic E-state index is 0.0506. The van der Waals surface area contributed by atoms with Crippen LogP contribution >= 0.6 is 34.8 Å². The van der Waals surface area contributed by atoms with Gasteiger partial charge >= 0.3 is 0 Å². The zero-order valence-electron chi connectivity index (χ0n) is 10.3. The molecule has 19 heavy (non-hydrogen) atoms. The van der Waals surface area contributed by atoms with Gasteiger partial charge in [0, 0.05) is 23.0 Å². The first kappa shape index (κ1) is 13.5. The molecule has 1 aromatic rings. The number of alkyl halides is 1. The Hall–Kier alpha value is -0.440. The Morgan fingerprint density at radius 3 is 2.32 bits per heavy atom. The largest absolute Gasteiger partial charge is 0.333 e. The van der Waals surface area contributed by atoms with Gasteiger partial charge in [0.2, 0.25) is 0 Å². The highest BCUT2D eigenvalue weighted by atomic mass is 35.5. The number of benzene rings is 1. The van der Waals surface area contributed by atoms with Crippen molar-refractivity contribution in [2.45, 2.75) is 43.1 Å². The lowest BCUT2D eigenvalue weighted by atomic mass is 10.0. The highest BCUT2D eigenvalue weighted by Crippen LogP contribution is 2.39. The van der Waals surface area contributed by atoms with Crippen LogP contribution in [0.1, 0.15) is 36.0 Å². The number of piperidine rings is 1. The Balaban J connectivity index is 1.86. The lowest BCUT2D eigenvalue weighted by Gasteiger charge is -2.37. The summed E-state index contributed by atoms with van der Waals surface area (Å²) in [5.74, 6) is 0.0506. The van der Waals surface area contributed by atoms with E-state index >= 15 is 0 Å². The normalized spacial score (nSPS) is 29.6. The van der Waals surface area contributed by atoms with Gasteiger partial charge in [0.15, 0.2) is 0 Å². The molecular weight excluding hydrogens is 305 g/mol. The smallest absolute Gasteiger partial charge is 0.254 e. The molecule has 2 aliphatic heterocycles. The van der Waals surface area contributed by atoms with Gasteiger partial charge in [0.05, 0.1) is 10.0 Å². The number of hydrogen-bond donors (Lipinski definition) is 0. The molecule has 102 valence electrons. The maximum absolute atomic E-state index is 12.6. The Bertz CT molecular complexity index is 505. The average molecular weight is 319 g/mol. The molecule has 0 spiro atoms. The van der Waals surface area contributed by atoms with Crippen LogP contribution in [0, 0.1) is 0 Å². The molecule has 2 bridgehead atoms. The minimum absolute atomic E-state index is 0.0506. The van der Waals surface area contributed by atoms with Gasteiger partial charge in [-0.15, -0.1) is 11.6 Å². The van der Waals surface area contributed by atoms with Crippen molar-refractivity contribution in [3.8, 4) is 0 Å². The number of halogens is 3. The summed E-state index contributed by atoms with van der Waals surface area (Å²) in [5.41, 5.74) is 0.610. The second-order valence-corrected chi connectivity index (χ2v) is 6.73. The topological polar surface area (TPSA) is 20.3 Å². The Morgan fingerprint density at radius 1 is 1.11 bits per heavy atom. The van der Waals surface area contributed by atoms with E-state index in [9.17, 15) is 4.79 Å². The number of carbonyl (C=O) groups is 1. The number of hydrogen-bond acceptors (Lipinski definition) is 1. The molecule has 0 aromatic heterocycles. The number of fused-ring (bicyclic) bond motifs is 2.